The number of halogens is 1. The molecule has 0 aliphatic heterocycles. The van der Waals surface area contributed by atoms with Crippen molar-refractivity contribution < 1.29 is 13.2 Å². The summed E-state index contributed by atoms with van der Waals surface area (Å²) in [6.07, 6.45) is 3.37. The van der Waals surface area contributed by atoms with Crippen molar-refractivity contribution in [2.45, 2.75) is 18.0 Å². The number of pyridine rings is 1. The molecule has 0 unspecified atom stereocenters. The van der Waals surface area contributed by atoms with Crippen LogP contribution in [0.5, 0.6) is 0 Å². The highest BCUT2D eigenvalue weighted by Gasteiger charge is 2.20. The molecule has 1 heterocycles. The van der Waals surface area contributed by atoms with E-state index in [4.69, 9.17) is 11.6 Å². The number of sulfonamides is 1. The van der Waals surface area contributed by atoms with E-state index in [-0.39, 0.29) is 17.3 Å². The molecule has 1 amide bonds. The van der Waals surface area contributed by atoms with Gasteiger partial charge in [0.2, 0.25) is 10.0 Å². The Balaban J connectivity index is 1.62. The number of hydrogen-bond donors (Lipinski definition) is 1. The number of benzene rings is 2. The van der Waals surface area contributed by atoms with Crippen LogP contribution in [-0.2, 0) is 23.1 Å². The maximum Gasteiger partial charge on any atom is 0.251 e. The second-order valence-corrected chi connectivity index (χ2v) is 8.94. The molecule has 0 atom stereocenters. The first-order chi connectivity index (χ1) is 13.9. The van der Waals surface area contributed by atoms with Gasteiger partial charge in [0, 0.05) is 43.1 Å². The molecule has 8 heteroatoms. The van der Waals surface area contributed by atoms with E-state index in [1.165, 1.54) is 23.5 Å². The predicted octanol–water partition coefficient (Wildman–Crippen LogP) is 3.49. The number of nitrogens with one attached hydrogen (secondary N) is 1. The molecule has 1 N–H and O–H groups in total. The normalized spacial score (nSPS) is 11.4. The number of hydrogen-bond acceptors (Lipinski definition) is 4. The Morgan fingerprint density at radius 3 is 2.34 bits per heavy atom. The quantitative estimate of drug-likeness (QED) is 0.623. The molecule has 0 aliphatic carbocycles. The Morgan fingerprint density at radius 1 is 1.03 bits per heavy atom. The number of carbonyl (C=O) groups excluding carboxylic acids is 1. The predicted molar refractivity (Wildman–Crippen MR) is 112 cm³/mol. The average molecular weight is 430 g/mol. The summed E-state index contributed by atoms with van der Waals surface area (Å²) in [5.41, 5.74) is 2.18. The van der Waals surface area contributed by atoms with Gasteiger partial charge in [-0.15, -0.1) is 0 Å². The minimum atomic E-state index is -3.63. The standard InChI is InChI=1S/C21H20ClN3O3S/c1-25(29(27,28)20-10-8-19(22)9-11-20)15-16-4-6-18(7-5-16)21(26)24-14-17-3-2-12-23-13-17/h2-13H,14-15H2,1H3,(H,24,26). The lowest BCUT2D eigenvalue weighted by Gasteiger charge is -2.17. The molecule has 2 aromatic carbocycles. The van der Waals surface area contributed by atoms with Crippen molar-refractivity contribution in [2.24, 2.45) is 0 Å². The van der Waals surface area contributed by atoms with E-state index in [1.807, 2.05) is 12.1 Å². The first-order valence-electron chi connectivity index (χ1n) is 8.84. The Hall–Kier alpha value is -2.74. The van der Waals surface area contributed by atoms with Gasteiger partial charge < -0.3 is 5.32 Å². The lowest BCUT2D eigenvalue weighted by Crippen LogP contribution is -2.26. The van der Waals surface area contributed by atoms with Crippen LogP contribution in [0.1, 0.15) is 21.5 Å². The van der Waals surface area contributed by atoms with Crippen molar-refractivity contribution in [1.29, 1.82) is 0 Å². The number of carbonyl (C=O) groups is 1. The summed E-state index contributed by atoms with van der Waals surface area (Å²) in [7, 11) is -2.12. The Morgan fingerprint density at radius 2 is 1.72 bits per heavy atom. The molecule has 0 aliphatic rings. The zero-order chi connectivity index (χ0) is 20.9. The Kier molecular flexibility index (Phi) is 6.64. The summed E-state index contributed by atoms with van der Waals surface area (Å²) in [5, 5.41) is 3.31. The number of rotatable bonds is 7. The maximum atomic E-state index is 12.7. The zero-order valence-corrected chi connectivity index (χ0v) is 17.3. The average Bonchev–Trinajstić information content (AvgIpc) is 2.73. The van der Waals surface area contributed by atoms with Crippen molar-refractivity contribution >= 4 is 27.5 Å². The third kappa shape index (κ3) is 5.41. The number of aromatic nitrogens is 1. The largest absolute Gasteiger partial charge is 0.348 e. The van der Waals surface area contributed by atoms with Crippen LogP contribution in [0.25, 0.3) is 0 Å². The highest BCUT2D eigenvalue weighted by atomic mass is 35.5. The molecule has 1 aromatic heterocycles. The van der Waals surface area contributed by atoms with Crippen LogP contribution in [0, 0.1) is 0 Å². The smallest absolute Gasteiger partial charge is 0.251 e. The second-order valence-electron chi connectivity index (χ2n) is 6.46. The molecule has 0 spiro atoms. The molecule has 3 rings (SSSR count). The van der Waals surface area contributed by atoms with Gasteiger partial charge >= 0.3 is 0 Å². The van der Waals surface area contributed by atoms with Crippen LogP contribution in [0.3, 0.4) is 0 Å². The van der Waals surface area contributed by atoms with Crippen molar-refractivity contribution in [3.05, 3.63) is 94.8 Å². The van der Waals surface area contributed by atoms with E-state index in [0.717, 1.165) is 11.1 Å². The molecule has 0 saturated carbocycles. The van der Waals surface area contributed by atoms with E-state index in [2.05, 4.69) is 10.3 Å². The van der Waals surface area contributed by atoms with Crippen molar-refractivity contribution in [2.75, 3.05) is 7.05 Å². The molecule has 0 bridgehead atoms. The minimum Gasteiger partial charge on any atom is -0.348 e. The summed E-state index contributed by atoms with van der Waals surface area (Å²) in [6, 6.07) is 16.6. The van der Waals surface area contributed by atoms with Crippen LogP contribution in [0.4, 0.5) is 0 Å². The van der Waals surface area contributed by atoms with E-state index < -0.39 is 10.0 Å². The first-order valence-corrected chi connectivity index (χ1v) is 10.7. The molecular weight excluding hydrogens is 410 g/mol. The highest BCUT2D eigenvalue weighted by Crippen LogP contribution is 2.19. The van der Waals surface area contributed by atoms with Gasteiger partial charge in [-0.1, -0.05) is 29.8 Å². The maximum absolute atomic E-state index is 12.7. The van der Waals surface area contributed by atoms with Gasteiger partial charge in [-0.05, 0) is 53.6 Å². The molecule has 6 nitrogen and oxygen atoms in total. The van der Waals surface area contributed by atoms with Gasteiger partial charge in [0.15, 0.2) is 0 Å². The molecule has 0 fully saturated rings. The number of nitrogens with zero attached hydrogens (tertiary/aromatic N) is 2. The first kappa shape index (κ1) is 21.0. The minimum absolute atomic E-state index is 0.177. The van der Waals surface area contributed by atoms with Crippen LogP contribution in [0.2, 0.25) is 5.02 Å². The lowest BCUT2D eigenvalue weighted by atomic mass is 10.1. The molecule has 29 heavy (non-hydrogen) atoms. The Labute approximate surface area is 175 Å². The fourth-order valence-corrected chi connectivity index (χ4v) is 3.96. The third-order valence-corrected chi connectivity index (χ3v) is 6.39. The van der Waals surface area contributed by atoms with Crippen molar-refractivity contribution in [3.63, 3.8) is 0 Å². The molecule has 150 valence electrons. The fourth-order valence-electron chi connectivity index (χ4n) is 2.68. The van der Waals surface area contributed by atoms with Gasteiger partial charge in [-0.25, -0.2) is 8.42 Å². The Bertz CT molecular complexity index is 1070. The molecule has 0 radical (unpaired) electrons. The molecular formula is C21H20ClN3O3S. The van der Waals surface area contributed by atoms with E-state index >= 15 is 0 Å². The monoisotopic (exact) mass is 429 g/mol. The summed E-state index contributed by atoms with van der Waals surface area (Å²) >= 11 is 5.82. The highest BCUT2D eigenvalue weighted by molar-refractivity contribution is 7.89. The van der Waals surface area contributed by atoms with Gasteiger partial charge in [-0.3, -0.25) is 9.78 Å². The summed E-state index contributed by atoms with van der Waals surface area (Å²) in [6.45, 7) is 0.568. The summed E-state index contributed by atoms with van der Waals surface area (Å²) in [4.78, 5) is 16.5. The van der Waals surface area contributed by atoms with Crippen molar-refractivity contribution in [3.8, 4) is 0 Å². The molecule has 3 aromatic rings. The van der Waals surface area contributed by atoms with Gasteiger partial charge in [0.25, 0.3) is 5.91 Å². The number of amides is 1. The van der Waals surface area contributed by atoms with Crippen molar-refractivity contribution in [1.82, 2.24) is 14.6 Å². The third-order valence-electron chi connectivity index (χ3n) is 4.32. The molecule has 0 saturated heterocycles. The van der Waals surface area contributed by atoms with E-state index in [1.54, 1.807) is 48.8 Å². The van der Waals surface area contributed by atoms with Gasteiger partial charge in [-0.2, -0.15) is 4.31 Å². The fraction of sp³-hybridized carbons (Fsp3) is 0.143. The topological polar surface area (TPSA) is 79.4 Å². The SMILES string of the molecule is CN(Cc1ccc(C(=O)NCc2cccnc2)cc1)S(=O)(=O)c1ccc(Cl)cc1. The van der Waals surface area contributed by atoms with Crippen LogP contribution in [-0.4, -0.2) is 30.7 Å². The summed E-state index contributed by atoms with van der Waals surface area (Å²) < 4.78 is 26.6. The van der Waals surface area contributed by atoms with Crippen LogP contribution >= 0.6 is 11.6 Å². The van der Waals surface area contributed by atoms with Gasteiger partial charge in [0.05, 0.1) is 4.90 Å². The van der Waals surface area contributed by atoms with Crippen LogP contribution < -0.4 is 5.32 Å². The van der Waals surface area contributed by atoms with Crippen LogP contribution in [0.15, 0.2) is 78.0 Å². The zero-order valence-electron chi connectivity index (χ0n) is 15.7. The second kappa shape index (κ2) is 9.17. The lowest BCUT2D eigenvalue weighted by molar-refractivity contribution is 0.0951. The van der Waals surface area contributed by atoms with E-state index in [0.29, 0.717) is 17.1 Å². The summed E-state index contributed by atoms with van der Waals surface area (Å²) in [5.74, 6) is -0.206. The van der Waals surface area contributed by atoms with E-state index in [9.17, 15) is 13.2 Å². The van der Waals surface area contributed by atoms with Gasteiger partial charge in [0.1, 0.15) is 0 Å².